The second-order valence-corrected chi connectivity index (χ2v) is 2.61. The lowest BCUT2D eigenvalue weighted by Crippen LogP contribution is -2.08. The lowest BCUT2D eigenvalue weighted by Gasteiger charge is -2.12. The van der Waals surface area contributed by atoms with Crippen LogP contribution in [0.2, 0.25) is 0 Å². The fourth-order valence-corrected chi connectivity index (χ4v) is 1.19. The lowest BCUT2D eigenvalue weighted by molar-refractivity contribution is 0.550. The van der Waals surface area contributed by atoms with Crippen LogP contribution in [0.3, 0.4) is 0 Å². The topological polar surface area (TPSA) is 25.2 Å². The predicted molar refractivity (Wildman–Crippen MR) is 44.5 cm³/mol. The first-order chi connectivity index (χ1) is 5.29. The largest absolute Gasteiger partial charge is 0.464 e. The van der Waals surface area contributed by atoms with Crippen LogP contribution in [0.4, 0.5) is 0 Å². The molecule has 1 N–H and O–H groups in total. The number of hydrogen-bond acceptors (Lipinski definition) is 2. The molecule has 0 atom stereocenters. The van der Waals surface area contributed by atoms with E-state index in [1.807, 2.05) is 19.2 Å². The molecule has 2 heterocycles. The molecular weight excluding hydrogens is 138 g/mol. The van der Waals surface area contributed by atoms with Crippen LogP contribution in [0.25, 0.3) is 11.3 Å². The summed E-state index contributed by atoms with van der Waals surface area (Å²) in [6, 6.07) is 1.92. The normalized spacial score (nSPS) is 15.4. The van der Waals surface area contributed by atoms with Crippen LogP contribution in [0.1, 0.15) is 18.2 Å². The molecule has 0 radical (unpaired) electrons. The lowest BCUT2D eigenvalue weighted by atomic mass is 10.1. The van der Waals surface area contributed by atoms with E-state index in [1.54, 1.807) is 6.26 Å². The highest BCUT2D eigenvalue weighted by molar-refractivity contribution is 5.79. The average molecular weight is 147 g/mol. The third-order valence-corrected chi connectivity index (χ3v) is 1.81. The first kappa shape index (κ1) is 6.28. The summed E-state index contributed by atoms with van der Waals surface area (Å²) in [6.07, 6.45) is 3.58. The highest BCUT2D eigenvalue weighted by Crippen LogP contribution is 2.27. The molecule has 11 heavy (non-hydrogen) atoms. The van der Waals surface area contributed by atoms with Gasteiger partial charge >= 0.3 is 0 Å². The summed E-state index contributed by atoms with van der Waals surface area (Å²) in [5, 5.41) is 3.06. The van der Waals surface area contributed by atoms with Crippen molar-refractivity contribution in [3.8, 4) is 0 Å². The van der Waals surface area contributed by atoms with Gasteiger partial charge in [0.2, 0.25) is 0 Å². The molecular formula is C9H9NO. The summed E-state index contributed by atoms with van der Waals surface area (Å²) in [5.41, 5.74) is 3.07. The Kier molecular flexibility index (Phi) is 1.15. The summed E-state index contributed by atoms with van der Waals surface area (Å²) in [4.78, 5) is 0. The molecule has 1 aliphatic heterocycles. The summed E-state index contributed by atoms with van der Waals surface area (Å²) >= 11 is 0. The Balaban J connectivity index is 2.63. The zero-order chi connectivity index (χ0) is 7.84. The minimum Gasteiger partial charge on any atom is -0.464 e. The second kappa shape index (κ2) is 2.02. The van der Waals surface area contributed by atoms with Gasteiger partial charge in [-0.3, -0.25) is 0 Å². The number of fused-ring (bicyclic) bond motifs is 1. The van der Waals surface area contributed by atoms with E-state index in [0.717, 1.165) is 22.6 Å². The fourth-order valence-electron chi connectivity index (χ4n) is 1.19. The molecule has 0 aromatic carbocycles. The smallest absolute Gasteiger partial charge is 0.140 e. The van der Waals surface area contributed by atoms with Crippen LogP contribution < -0.4 is 5.32 Å². The van der Waals surface area contributed by atoms with Gasteiger partial charge in [0.05, 0.1) is 6.26 Å². The zero-order valence-corrected chi connectivity index (χ0v) is 6.35. The number of nitrogens with one attached hydrogen (secondary N) is 1. The van der Waals surface area contributed by atoms with Crippen molar-refractivity contribution >= 4 is 11.3 Å². The minimum absolute atomic E-state index is 0.902. The quantitative estimate of drug-likeness (QED) is 0.608. The summed E-state index contributed by atoms with van der Waals surface area (Å²) in [5.74, 6) is 0.925. The van der Waals surface area contributed by atoms with Gasteiger partial charge in [-0.2, -0.15) is 0 Å². The van der Waals surface area contributed by atoms with Crippen LogP contribution in [-0.2, 0) is 0 Å². The molecule has 0 amide bonds. The molecule has 2 nitrogen and oxygen atoms in total. The Morgan fingerprint density at radius 3 is 3.09 bits per heavy atom. The Bertz CT molecular complexity index is 333. The van der Waals surface area contributed by atoms with Gasteiger partial charge in [0, 0.05) is 23.0 Å². The predicted octanol–water partition coefficient (Wildman–Crippen LogP) is 2.21. The van der Waals surface area contributed by atoms with E-state index >= 15 is 0 Å². The highest BCUT2D eigenvalue weighted by atomic mass is 16.3. The molecule has 0 unspecified atom stereocenters. The van der Waals surface area contributed by atoms with Gasteiger partial charge in [-0.05, 0) is 13.0 Å². The Morgan fingerprint density at radius 2 is 2.36 bits per heavy atom. The van der Waals surface area contributed by atoms with Crippen LogP contribution in [0.15, 0.2) is 29.5 Å². The molecule has 0 fully saturated rings. The maximum atomic E-state index is 5.27. The third kappa shape index (κ3) is 0.792. The molecule has 1 aromatic heterocycles. The van der Waals surface area contributed by atoms with E-state index in [9.17, 15) is 0 Å². The van der Waals surface area contributed by atoms with Gasteiger partial charge in [-0.15, -0.1) is 0 Å². The van der Waals surface area contributed by atoms with Gasteiger partial charge in [-0.1, -0.05) is 6.58 Å². The van der Waals surface area contributed by atoms with Crippen LogP contribution in [0, 0.1) is 0 Å². The number of furan rings is 1. The molecule has 0 bridgehead atoms. The Labute approximate surface area is 65.2 Å². The zero-order valence-electron chi connectivity index (χ0n) is 6.35. The molecule has 2 heteroatoms. The number of allylic oxidation sites excluding steroid dienone is 1. The van der Waals surface area contributed by atoms with E-state index in [2.05, 4.69) is 11.9 Å². The van der Waals surface area contributed by atoms with E-state index in [1.165, 1.54) is 0 Å². The van der Waals surface area contributed by atoms with E-state index < -0.39 is 0 Å². The Hall–Kier alpha value is -1.44. The van der Waals surface area contributed by atoms with Gasteiger partial charge in [-0.25, -0.2) is 0 Å². The Morgan fingerprint density at radius 1 is 1.55 bits per heavy atom. The van der Waals surface area contributed by atoms with Crippen LogP contribution >= 0.6 is 0 Å². The van der Waals surface area contributed by atoms with Crippen molar-refractivity contribution in [2.45, 2.75) is 6.92 Å². The summed E-state index contributed by atoms with van der Waals surface area (Å²) in [7, 11) is 0. The van der Waals surface area contributed by atoms with Crippen LogP contribution in [0.5, 0.6) is 0 Å². The van der Waals surface area contributed by atoms with Crippen molar-refractivity contribution < 1.29 is 4.42 Å². The summed E-state index contributed by atoms with van der Waals surface area (Å²) in [6.45, 7) is 5.85. The standard InChI is InChI=1S/C9H9NO/c1-6-5-10-7(2)8-3-4-11-9(6)8/h3-5,10H,2H2,1H3. The van der Waals surface area contributed by atoms with Crippen LogP contribution in [-0.4, -0.2) is 0 Å². The van der Waals surface area contributed by atoms with Crippen molar-refractivity contribution in [1.82, 2.24) is 5.32 Å². The molecule has 0 saturated carbocycles. The average Bonchev–Trinajstić information content (AvgIpc) is 2.45. The second-order valence-electron chi connectivity index (χ2n) is 2.61. The molecule has 1 aliphatic rings. The van der Waals surface area contributed by atoms with E-state index in [-0.39, 0.29) is 0 Å². The van der Waals surface area contributed by atoms with Crippen molar-refractivity contribution in [1.29, 1.82) is 0 Å². The van der Waals surface area contributed by atoms with Gasteiger partial charge in [0.25, 0.3) is 0 Å². The van der Waals surface area contributed by atoms with Crippen molar-refractivity contribution in [2.24, 2.45) is 0 Å². The van der Waals surface area contributed by atoms with Gasteiger partial charge < -0.3 is 9.73 Å². The molecule has 0 aliphatic carbocycles. The maximum absolute atomic E-state index is 5.27. The highest BCUT2D eigenvalue weighted by Gasteiger charge is 2.14. The maximum Gasteiger partial charge on any atom is 0.140 e. The van der Waals surface area contributed by atoms with E-state index in [4.69, 9.17) is 4.42 Å². The first-order valence-corrected chi connectivity index (χ1v) is 3.49. The monoisotopic (exact) mass is 147 g/mol. The van der Waals surface area contributed by atoms with Crippen molar-refractivity contribution in [2.75, 3.05) is 0 Å². The first-order valence-electron chi connectivity index (χ1n) is 3.49. The van der Waals surface area contributed by atoms with Gasteiger partial charge in [0.1, 0.15) is 5.76 Å². The molecule has 1 aromatic rings. The fraction of sp³-hybridized carbons (Fsp3) is 0.111. The minimum atomic E-state index is 0.902. The van der Waals surface area contributed by atoms with Crippen molar-refractivity contribution in [3.63, 3.8) is 0 Å². The molecule has 0 spiro atoms. The SMILES string of the molecule is C=C1NC=C(C)c2occc21. The summed E-state index contributed by atoms with van der Waals surface area (Å²) < 4.78 is 5.27. The van der Waals surface area contributed by atoms with E-state index in [0.29, 0.717) is 0 Å². The molecule has 2 rings (SSSR count). The molecule has 0 saturated heterocycles. The number of rotatable bonds is 0. The molecule has 56 valence electrons. The van der Waals surface area contributed by atoms with Crippen molar-refractivity contribution in [3.05, 3.63) is 36.4 Å². The third-order valence-electron chi connectivity index (χ3n) is 1.81. The number of hydrogen-bond donors (Lipinski definition) is 1. The van der Waals surface area contributed by atoms with Gasteiger partial charge in [0.15, 0.2) is 0 Å².